The molecule has 0 spiro atoms. The largest absolute Gasteiger partial charge is 0.339 e. The lowest BCUT2D eigenvalue weighted by Crippen LogP contribution is -2.30. The smallest absolute Gasteiger partial charge is 0.262 e. The first kappa shape index (κ1) is 21.2. The van der Waals surface area contributed by atoms with Crippen molar-refractivity contribution in [3.05, 3.63) is 64.2 Å². The van der Waals surface area contributed by atoms with Crippen molar-refractivity contribution >= 4 is 28.6 Å². The molecule has 1 saturated heterocycles. The van der Waals surface area contributed by atoms with E-state index >= 15 is 0 Å². The van der Waals surface area contributed by atoms with Gasteiger partial charge in [-0.1, -0.05) is 37.1 Å². The van der Waals surface area contributed by atoms with E-state index in [4.69, 9.17) is 4.98 Å². The maximum Gasteiger partial charge on any atom is 0.262 e. The molecule has 6 nitrogen and oxygen atoms in total. The van der Waals surface area contributed by atoms with Crippen molar-refractivity contribution in [3.63, 3.8) is 0 Å². The number of likely N-dealkylation sites (tertiary alicyclic amines) is 1. The van der Waals surface area contributed by atoms with Crippen LogP contribution in [0.4, 0.5) is 0 Å². The highest BCUT2D eigenvalue weighted by molar-refractivity contribution is 7.98. The monoisotopic (exact) mass is 448 g/mol. The fourth-order valence-corrected chi connectivity index (χ4v) is 5.78. The number of fused-ring (bicyclic) bond motifs is 1. The Morgan fingerprint density at radius 3 is 2.59 bits per heavy atom. The summed E-state index contributed by atoms with van der Waals surface area (Å²) in [6.45, 7) is 1.61. The molecule has 1 aromatic carbocycles. The van der Waals surface area contributed by atoms with Gasteiger partial charge in [-0.05, 0) is 56.0 Å². The van der Waals surface area contributed by atoms with E-state index in [1.165, 1.54) is 6.42 Å². The molecule has 3 heterocycles. The normalized spacial score (nSPS) is 17.2. The molecule has 0 unspecified atom stereocenters. The van der Waals surface area contributed by atoms with Crippen molar-refractivity contribution in [1.29, 1.82) is 0 Å². The van der Waals surface area contributed by atoms with Crippen LogP contribution in [0, 0.1) is 0 Å². The van der Waals surface area contributed by atoms with Gasteiger partial charge in [0, 0.05) is 36.6 Å². The fourth-order valence-electron chi connectivity index (χ4n) is 4.80. The molecular formula is C25H28N4O2S. The average Bonchev–Trinajstić information content (AvgIpc) is 3.38. The number of carbonyl (C=O) groups excluding carboxylic acids is 1. The highest BCUT2D eigenvalue weighted by Crippen LogP contribution is 2.32. The van der Waals surface area contributed by atoms with Gasteiger partial charge in [-0.15, -0.1) is 0 Å². The third kappa shape index (κ3) is 4.31. The summed E-state index contributed by atoms with van der Waals surface area (Å²) >= 11 is 1.56. The van der Waals surface area contributed by atoms with Gasteiger partial charge in [0.15, 0.2) is 5.16 Å². The van der Waals surface area contributed by atoms with Gasteiger partial charge in [-0.2, -0.15) is 0 Å². The van der Waals surface area contributed by atoms with E-state index in [1.54, 1.807) is 36.2 Å². The number of thioether (sulfide) groups is 1. The number of amides is 1. The molecule has 32 heavy (non-hydrogen) atoms. The van der Waals surface area contributed by atoms with Gasteiger partial charge in [0.25, 0.3) is 11.5 Å². The van der Waals surface area contributed by atoms with Gasteiger partial charge in [0.05, 0.1) is 16.6 Å². The molecule has 0 bridgehead atoms. The van der Waals surface area contributed by atoms with Crippen molar-refractivity contribution in [2.24, 2.45) is 0 Å². The van der Waals surface area contributed by atoms with Crippen LogP contribution in [0.3, 0.4) is 0 Å². The Balaban J connectivity index is 1.54. The number of hydrogen-bond donors (Lipinski definition) is 0. The van der Waals surface area contributed by atoms with Crippen LogP contribution in [0.1, 0.15) is 67.0 Å². The number of carbonyl (C=O) groups is 1. The topological polar surface area (TPSA) is 68.1 Å². The lowest BCUT2D eigenvalue weighted by atomic mass is 9.95. The Bertz CT molecular complexity index is 1170. The first-order chi connectivity index (χ1) is 15.7. The van der Waals surface area contributed by atoms with Crippen LogP contribution in [0.25, 0.3) is 10.9 Å². The van der Waals surface area contributed by atoms with Crippen molar-refractivity contribution in [2.75, 3.05) is 13.1 Å². The van der Waals surface area contributed by atoms with Crippen LogP contribution in [-0.4, -0.2) is 38.4 Å². The molecule has 0 N–H and O–H groups in total. The molecule has 0 radical (unpaired) electrons. The molecule has 1 aliphatic heterocycles. The maximum absolute atomic E-state index is 13.6. The zero-order valence-electron chi connectivity index (χ0n) is 18.2. The molecule has 0 atom stereocenters. The molecule has 7 heteroatoms. The van der Waals surface area contributed by atoms with E-state index in [-0.39, 0.29) is 17.5 Å². The highest BCUT2D eigenvalue weighted by Gasteiger charge is 2.24. The molecular weight excluding hydrogens is 420 g/mol. The zero-order valence-corrected chi connectivity index (χ0v) is 19.0. The Morgan fingerprint density at radius 2 is 1.84 bits per heavy atom. The van der Waals surface area contributed by atoms with Gasteiger partial charge in [-0.25, -0.2) is 4.98 Å². The van der Waals surface area contributed by atoms with E-state index in [1.807, 2.05) is 27.7 Å². The SMILES string of the molecule is O=C(c1ccc2c(=O)n(C3CCCCC3)c(SCc3ccccn3)nc2c1)N1CCCC1. The zero-order chi connectivity index (χ0) is 21.9. The molecule has 2 aliphatic rings. The summed E-state index contributed by atoms with van der Waals surface area (Å²) in [7, 11) is 0. The Kier molecular flexibility index (Phi) is 6.26. The van der Waals surface area contributed by atoms with Crippen molar-refractivity contribution < 1.29 is 4.79 Å². The minimum absolute atomic E-state index is 0.00518. The van der Waals surface area contributed by atoms with E-state index < -0.39 is 0 Å². The predicted molar refractivity (Wildman–Crippen MR) is 127 cm³/mol. The molecule has 2 fully saturated rings. The number of aromatic nitrogens is 3. The lowest BCUT2D eigenvalue weighted by molar-refractivity contribution is 0.0793. The second-order valence-corrected chi connectivity index (χ2v) is 9.64. The van der Waals surface area contributed by atoms with Crippen LogP contribution in [0.5, 0.6) is 0 Å². The molecule has 1 saturated carbocycles. The summed E-state index contributed by atoms with van der Waals surface area (Å²) < 4.78 is 1.91. The van der Waals surface area contributed by atoms with E-state index in [9.17, 15) is 9.59 Å². The first-order valence-electron chi connectivity index (χ1n) is 11.6. The standard InChI is InChI=1S/C25H28N4O2S/c30-23(28-14-6-7-15-28)18-11-12-21-22(16-18)27-25(32-17-19-8-4-5-13-26-19)29(24(21)31)20-9-2-1-3-10-20/h4-5,8,11-13,16,20H,1-3,6-7,9-10,14-15,17H2. The minimum atomic E-state index is 0.00518. The number of pyridine rings is 1. The maximum atomic E-state index is 13.6. The number of rotatable bonds is 5. The van der Waals surface area contributed by atoms with Crippen LogP contribution in [0.15, 0.2) is 52.5 Å². The van der Waals surface area contributed by atoms with Crippen LogP contribution in [-0.2, 0) is 5.75 Å². The van der Waals surface area contributed by atoms with Crippen molar-refractivity contribution in [1.82, 2.24) is 19.4 Å². The molecule has 3 aromatic rings. The first-order valence-corrected chi connectivity index (χ1v) is 12.6. The summed E-state index contributed by atoms with van der Waals surface area (Å²) in [6, 6.07) is 11.4. The van der Waals surface area contributed by atoms with Gasteiger partial charge in [-0.3, -0.25) is 19.1 Å². The summed E-state index contributed by atoms with van der Waals surface area (Å²) in [5, 5.41) is 1.32. The third-order valence-electron chi connectivity index (χ3n) is 6.52. The van der Waals surface area contributed by atoms with Crippen LogP contribution >= 0.6 is 11.8 Å². The summed E-state index contributed by atoms with van der Waals surface area (Å²) in [4.78, 5) is 37.7. The quantitative estimate of drug-likeness (QED) is 0.413. The Hall–Kier alpha value is -2.67. The fraction of sp³-hybridized carbons (Fsp3) is 0.440. The van der Waals surface area contributed by atoms with Crippen LogP contribution < -0.4 is 5.56 Å². The second kappa shape index (κ2) is 9.45. The highest BCUT2D eigenvalue weighted by atomic mass is 32.2. The third-order valence-corrected chi connectivity index (χ3v) is 7.51. The number of nitrogens with zero attached hydrogens (tertiary/aromatic N) is 4. The Labute approximate surface area is 192 Å². The van der Waals surface area contributed by atoms with Crippen molar-refractivity contribution in [2.45, 2.75) is 61.9 Å². The number of benzene rings is 1. The molecule has 1 amide bonds. The van der Waals surface area contributed by atoms with Crippen molar-refractivity contribution in [3.8, 4) is 0 Å². The minimum Gasteiger partial charge on any atom is -0.339 e. The van der Waals surface area contributed by atoms with Gasteiger partial charge in [0.2, 0.25) is 0 Å². The predicted octanol–water partition coefficient (Wildman–Crippen LogP) is 4.83. The molecule has 166 valence electrons. The Morgan fingerprint density at radius 1 is 1.03 bits per heavy atom. The summed E-state index contributed by atoms with van der Waals surface area (Å²) in [5.41, 5.74) is 2.18. The van der Waals surface area contributed by atoms with Crippen LogP contribution in [0.2, 0.25) is 0 Å². The lowest BCUT2D eigenvalue weighted by Gasteiger charge is -2.26. The molecule has 1 aliphatic carbocycles. The number of hydrogen-bond acceptors (Lipinski definition) is 5. The molecule has 5 rings (SSSR count). The molecule has 2 aromatic heterocycles. The summed E-state index contributed by atoms with van der Waals surface area (Å²) in [5.74, 6) is 0.683. The van der Waals surface area contributed by atoms with E-state index in [2.05, 4.69) is 4.98 Å². The van der Waals surface area contributed by atoms with Gasteiger partial charge in [0.1, 0.15) is 0 Å². The summed E-state index contributed by atoms with van der Waals surface area (Å²) in [6.07, 6.45) is 9.42. The average molecular weight is 449 g/mol. The van der Waals surface area contributed by atoms with Gasteiger partial charge < -0.3 is 4.90 Å². The van der Waals surface area contributed by atoms with E-state index in [0.717, 1.165) is 62.5 Å². The second-order valence-electron chi connectivity index (χ2n) is 8.70. The van der Waals surface area contributed by atoms with Gasteiger partial charge >= 0.3 is 0 Å². The van der Waals surface area contributed by atoms with E-state index in [0.29, 0.717) is 22.2 Å².